The van der Waals surface area contributed by atoms with E-state index in [4.69, 9.17) is 15.1 Å². The molecule has 0 saturated carbocycles. The van der Waals surface area contributed by atoms with Gasteiger partial charge in [-0.25, -0.2) is 8.42 Å². The van der Waals surface area contributed by atoms with Crippen LogP contribution in [0.4, 0.5) is 0 Å². The lowest BCUT2D eigenvalue weighted by Gasteiger charge is -2.34. The molecule has 1 amide bonds. The van der Waals surface area contributed by atoms with E-state index in [2.05, 4.69) is 15.9 Å². The molecule has 0 aliphatic carbocycles. The van der Waals surface area contributed by atoms with Crippen molar-refractivity contribution >= 4 is 41.6 Å². The van der Waals surface area contributed by atoms with Gasteiger partial charge in [-0.3, -0.25) is 4.79 Å². The molecule has 0 bridgehead atoms. The van der Waals surface area contributed by atoms with Crippen molar-refractivity contribution < 1.29 is 17.6 Å². The summed E-state index contributed by atoms with van der Waals surface area (Å²) in [6.45, 7) is 2.70. The van der Waals surface area contributed by atoms with Gasteiger partial charge in [0.25, 0.3) is 15.0 Å². The number of halogens is 2. The molecule has 0 N–H and O–H groups in total. The highest BCUT2D eigenvalue weighted by Crippen LogP contribution is 2.30. The monoisotopic (exact) mass is 383 g/mol. The zero-order valence-electron chi connectivity index (χ0n) is 10.9. The molecule has 1 unspecified atom stereocenters. The quantitative estimate of drug-likeness (QED) is 0.749. The predicted octanol–water partition coefficient (Wildman–Crippen LogP) is 3.37. The van der Waals surface area contributed by atoms with Crippen LogP contribution < -0.4 is 0 Å². The highest BCUT2D eigenvalue weighted by molar-refractivity contribution is 9.10. The van der Waals surface area contributed by atoms with E-state index in [9.17, 15) is 13.2 Å². The van der Waals surface area contributed by atoms with Crippen LogP contribution in [-0.4, -0.2) is 31.8 Å². The Morgan fingerprint density at radius 2 is 2.25 bits per heavy atom. The number of furan rings is 1. The maximum Gasteiger partial charge on any atom is 0.289 e. The molecule has 112 valence electrons. The highest BCUT2D eigenvalue weighted by atomic mass is 79.9. The molecule has 0 spiro atoms. The van der Waals surface area contributed by atoms with E-state index < -0.39 is 9.05 Å². The Bertz CT molecular complexity index is 613. The number of carbonyl (C=O) groups is 1. The second kappa shape index (κ2) is 6.07. The minimum absolute atomic E-state index is 0.00329. The molecule has 20 heavy (non-hydrogen) atoms. The zero-order valence-corrected chi connectivity index (χ0v) is 14.1. The first kappa shape index (κ1) is 15.9. The summed E-state index contributed by atoms with van der Waals surface area (Å²) in [7, 11) is 1.35. The normalized spacial score (nSPS) is 20.1. The van der Waals surface area contributed by atoms with Gasteiger partial charge in [-0.1, -0.05) is 6.92 Å². The van der Waals surface area contributed by atoms with Crippen LogP contribution in [0.2, 0.25) is 0 Å². The van der Waals surface area contributed by atoms with Crippen LogP contribution in [0.15, 0.2) is 20.0 Å². The number of carbonyl (C=O) groups excluding carboxylic acids is 1. The van der Waals surface area contributed by atoms with Gasteiger partial charge in [-0.15, -0.1) is 0 Å². The van der Waals surface area contributed by atoms with E-state index >= 15 is 0 Å². The molecule has 1 atom stereocenters. The van der Waals surface area contributed by atoms with Crippen LogP contribution >= 0.6 is 26.6 Å². The number of hydrogen-bond donors (Lipinski definition) is 0. The number of piperidine rings is 1. The number of amides is 1. The average Bonchev–Trinajstić information content (AvgIpc) is 2.80. The summed E-state index contributed by atoms with van der Waals surface area (Å²) in [4.78, 5) is 14.0. The van der Waals surface area contributed by atoms with Crippen molar-refractivity contribution in [1.82, 2.24) is 4.90 Å². The van der Waals surface area contributed by atoms with Gasteiger partial charge in [0.15, 0.2) is 10.4 Å². The molecule has 1 saturated heterocycles. The molecule has 2 heterocycles. The summed E-state index contributed by atoms with van der Waals surface area (Å²) in [5.41, 5.74) is 0. The number of likely N-dealkylation sites (tertiary alicyclic amines) is 1. The Balaban J connectivity index is 2.29. The summed E-state index contributed by atoms with van der Waals surface area (Å²) in [6, 6.07) is 1.35. The summed E-state index contributed by atoms with van der Waals surface area (Å²) in [5, 5.41) is 0. The van der Waals surface area contributed by atoms with Gasteiger partial charge in [-0.2, -0.15) is 0 Å². The topological polar surface area (TPSA) is 67.6 Å². The molecule has 0 radical (unpaired) electrons. The SMILES string of the molecule is CCC1CCCCN1C(=O)c1cc(S(=O)(=O)Cl)c(Br)o1. The fraction of sp³-hybridized carbons (Fsp3) is 0.583. The highest BCUT2D eigenvalue weighted by Gasteiger charge is 2.30. The number of nitrogens with zero attached hydrogens (tertiary/aromatic N) is 1. The fourth-order valence-corrected chi connectivity index (χ4v) is 4.49. The fourth-order valence-electron chi connectivity index (χ4n) is 2.46. The molecule has 1 aromatic heterocycles. The predicted molar refractivity (Wildman–Crippen MR) is 78.4 cm³/mol. The molecular formula is C12H15BrClNO4S. The largest absolute Gasteiger partial charge is 0.443 e. The van der Waals surface area contributed by atoms with Crippen LogP contribution in [0.3, 0.4) is 0 Å². The average molecular weight is 385 g/mol. The van der Waals surface area contributed by atoms with Crippen LogP contribution in [0.1, 0.15) is 43.2 Å². The summed E-state index contributed by atoms with van der Waals surface area (Å²) >= 11 is 2.98. The van der Waals surface area contributed by atoms with Gasteiger partial charge in [0.05, 0.1) is 0 Å². The van der Waals surface area contributed by atoms with Gasteiger partial charge >= 0.3 is 0 Å². The van der Waals surface area contributed by atoms with Crippen LogP contribution in [0, 0.1) is 0 Å². The molecule has 0 aromatic carbocycles. The second-order valence-corrected chi connectivity index (χ2v) is 8.00. The lowest BCUT2D eigenvalue weighted by Crippen LogP contribution is -2.43. The van der Waals surface area contributed by atoms with Crippen molar-refractivity contribution in [3.63, 3.8) is 0 Å². The first-order valence-corrected chi connectivity index (χ1v) is 9.49. The second-order valence-electron chi connectivity index (χ2n) is 4.74. The van der Waals surface area contributed by atoms with E-state index in [0.717, 1.165) is 25.7 Å². The Kier molecular flexibility index (Phi) is 4.81. The van der Waals surface area contributed by atoms with E-state index in [1.807, 2.05) is 6.92 Å². The number of rotatable bonds is 3. The van der Waals surface area contributed by atoms with E-state index in [-0.39, 0.29) is 27.3 Å². The maximum absolute atomic E-state index is 12.4. The lowest BCUT2D eigenvalue weighted by molar-refractivity contribution is 0.0574. The van der Waals surface area contributed by atoms with Crippen LogP contribution in [0.25, 0.3) is 0 Å². The minimum atomic E-state index is -3.94. The van der Waals surface area contributed by atoms with Crippen LogP contribution in [0.5, 0.6) is 0 Å². The van der Waals surface area contributed by atoms with Gasteiger partial charge in [0.1, 0.15) is 4.90 Å². The van der Waals surface area contributed by atoms with Crippen molar-refractivity contribution in [2.45, 2.75) is 43.5 Å². The van der Waals surface area contributed by atoms with Gasteiger partial charge < -0.3 is 9.32 Å². The molecule has 1 aliphatic rings. The Labute approximate surface area is 130 Å². The minimum Gasteiger partial charge on any atom is -0.443 e. The van der Waals surface area contributed by atoms with Crippen molar-refractivity contribution in [1.29, 1.82) is 0 Å². The first-order chi connectivity index (χ1) is 9.34. The summed E-state index contributed by atoms with van der Waals surface area (Å²) in [6.07, 6.45) is 3.88. The molecule has 1 aromatic rings. The summed E-state index contributed by atoms with van der Waals surface area (Å²) in [5.74, 6) is -0.291. The molecule has 1 aliphatic heterocycles. The van der Waals surface area contributed by atoms with Gasteiger partial charge in [0.2, 0.25) is 0 Å². The van der Waals surface area contributed by atoms with Crippen molar-refractivity contribution in [2.75, 3.05) is 6.54 Å². The Hall–Kier alpha value is -0.530. The summed E-state index contributed by atoms with van der Waals surface area (Å²) < 4.78 is 27.8. The zero-order chi connectivity index (χ0) is 14.9. The number of hydrogen-bond acceptors (Lipinski definition) is 4. The smallest absolute Gasteiger partial charge is 0.289 e. The lowest BCUT2D eigenvalue weighted by atomic mass is 10.00. The molecule has 2 rings (SSSR count). The van der Waals surface area contributed by atoms with E-state index in [1.54, 1.807) is 4.90 Å². The van der Waals surface area contributed by atoms with Gasteiger partial charge in [-0.05, 0) is 41.6 Å². The van der Waals surface area contributed by atoms with Crippen molar-refractivity contribution in [3.8, 4) is 0 Å². The third-order valence-electron chi connectivity index (χ3n) is 3.49. The maximum atomic E-state index is 12.4. The van der Waals surface area contributed by atoms with Crippen LogP contribution in [-0.2, 0) is 9.05 Å². The molecule has 8 heteroatoms. The van der Waals surface area contributed by atoms with E-state index in [1.165, 1.54) is 6.07 Å². The first-order valence-electron chi connectivity index (χ1n) is 6.39. The van der Waals surface area contributed by atoms with Crippen molar-refractivity contribution in [3.05, 3.63) is 16.5 Å². The van der Waals surface area contributed by atoms with Crippen molar-refractivity contribution in [2.24, 2.45) is 0 Å². The molecule has 5 nitrogen and oxygen atoms in total. The third-order valence-corrected chi connectivity index (χ3v) is 5.67. The van der Waals surface area contributed by atoms with E-state index in [0.29, 0.717) is 6.54 Å². The molecular weight excluding hydrogens is 370 g/mol. The Morgan fingerprint density at radius 3 is 2.80 bits per heavy atom. The molecule has 1 fully saturated rings. The van der Waals surface area contributed by atoms with Gasteiger partial charge in [0, 0.05) is 29.3 Å². The standard InChI is InChI=1S/C12H15BrClNO4S/c1-2-8-5-3-4-6-15(8)12(16)9-7-10(11(13)19-9)20(14,17)18/h7-8H,2-6H2,1H3. The third kappa shape index (κ3) is 3.20. The Morgan fingerprint density at radius 1 is 1.55 bits per heavy atom.